The van der Waals surface area contributed by atoms with Gasteiger partial charge in [-0.15, -0.1) is 0 Å². The summed E-state index contributed by atoms with van der Waals surface area (Å²) in [4.78, 5) is 12.6. The molecular formula is C16H22ClNO2. The van der Waals surface area contributed by atoms with Crippen LogP contribution in [0.3, 0.4) is 0 Å². The lowest BCUT2D eigenvalue weighted by Gasteiger charge is -2.35. The molecule has 4 heteroatoms. The molecule has 1 aliphatic rings. The highest BCUT2D eigenvalue weighted by Gasteiger charge is 2.33. The third-order valence-electron chi connectivity index (χ3n) is 4.34. The van der Waals surface area contributed by atoms with Gasteiger partial charge in [-0.05, 0) is 43.0 Å². The third-order valence-corrected chi connectivity index (χ3v) is 4.58. The van der Waals surface area contributed by atoms with Crippen LogP contribution >= 0.6 is 11.6 Å². The number of Topliss-reactive ketones (excluding diaryl/α,β-unsaturated/α-hetero) is 1. The second kappa shape index (κ2) is 6.59. The van der Waals surface area contributed by atoms with Gasteiger partial charge >= 0.3 is 0 Å². The first-order valence-electron chi connectivity index (χ1n) is 7.17. The van der Waals surface area contributed by atoms with Crippen molar-refractivity contribution in [1.29, 1.82) is 0 Å². The lowest BCUT2D eigenvalue weighted by atomic mass is 9.70. The van der Waals surface area contributed by atoms with Crippen molar-refractivity contribution in [2.75, 3.05) is 13.7 Å². The summed E-state index contributed by atoms with van der Waals surface area (Å²) in [7, 11) is 1.57. The summed E-state index contributed by atoms with van der Waals surface area (Å²) in [5.74, 6) is 0.666. The van der Waals surface area contributed by atoms with Crippen LogP contribution in [0, 0.1) is 5.41 Å². The molecule has 0 spiro atoms. The van der Waals surface area contributed by atoms with Gasteiger partial charge in [0.1, 0.15) is 5.75 Å². The Bertz CT molecular complexity index is 481. The first kappa shape index (κ1) is 15.3. The monoisotopic (exact) mass is 295 g/mol. The minimum Gasteiger partial charge on any atom is -0.496 e. The normalized spacial score (nSPS) is 17.8. The number of methoxy groups -OCH3 is 1. The molecule has 1 aromatic carbocycles. The number of rotatable bonds is 5. The lowest BCUT2D eigenvalue weighted by molar-refractivity contribution is 0.0865. The minimum atomic E-state index is -0.0390. The zero-order chi connectivity index (χ0) is 14.6. The van der Waals surface area contributed by atoms with Gasteiger partial charge in [-0.1, -0.05) is 30.9 Å². The molecule has 1 fully saturated rings. The van der Waals surface area contributed by atoms with Crippen molar-refractivity contribution in [3.8, 4) is 5.75 Å². The molecule has 3 nitrogen and oxygen atoms in total. The maximum atomic E-state index is 12.6. The third kappa shape index (κ3) is 3.33. The summed E-state index contributed by atoms with van der Waals surface area (Å²) >= 11 is 6.00. The summed E-state index contributed by atoms with van der Waals surface area (Å²) in [5.41, 5.74) is 6.48. The zero-order valence-electron chi connectivity index (χ0n) is 12.0. The standard InChI is InChI=1S/C16H22ClNO2/c1-20-15-6-5-12(17)9-13(15)14(19)10-16(11-18)7-3-2-4-8-16/h5-6,9H,2-4,7-8,10-11,18H2,1H3. The molecular weight excluding hydrogens is 274 g/mol. The van der Waals surface area contributed by atoms with Gasteiger partial charge in [0.15, 0.2) is 5.78 Å². The molecule has 0 aromatic heterocycles. The van der Waals surface area contributed by atoms with Crippen LogP contribution < -0.4 is 10.5 Å². The van der Waals surface area contributed by atoms with Crippen LogP contribution in [0.15, 0.2) is 18.2 Å². The molecule has 0 radical (unpaired) electrons. The van der Waals surface area contributed by atoms with E-state index in [9.17, 15) is 4.79 Å². The Kier molecular flexibility index (Phi) is 5.06. The summed E-state index contributed by atoms with van der Waals surface area (Å²) in [6.45, 7) is 0.571. The number of ketones is 1. The predicted octanol–water partition coefficient (Wildman–Crippen LogP) is 3.83. The van der Waals surface area contributed by atoms with Gasteiger partial charge in [0.05, 0.1) is 12.7 Å². The molecule has 2 N–H and O–H groups in total. The highest BCUT2D eigenvalue weighted by Crippen LogP contribution is 2.40. The topological polar surface area (TPSA) is 52.3 Å². The minimum absolute atomic E-state index is 0.0390. The van der Waals surface area contributed by atoms with Crippen LogP contribution in [0.1, 0.15) is 48.9 Å². The summed E-state index contributed by atoms with van der Waals surface area (Å²) < 4.78 is 5.27. The fourth-order valence-electron chi connectivity index (χ4n) is 3.09. The Morgan fingerprint density at radius 1 is 1.35 bits per heavy atom. The van der Waals surface area contributed by atoms with E-state index in [0.29, 0.717) is 29.3 Å². The van der Waals surface area contributed by atoms with E-state index in [0.717, 1.165) is 25.7 Å². The Morgan fingerprint density at radius 3 is 2.65 bits per heavy atom. The van der Waals surface area contributed by atoms with Crippen molar-refractivity contribution in [2.24, 2.45) is 11.1 Å². The van der Waals surface area contributed by atoms with Crippen molar-refractivity contribution >= 4 is 17.4 Å². The average Bonchev–Trinajstić information content (AvgIpc) is 2.48. The van der Waals surface area contributed by atoms with Crippen LogP contribution in [-0.4, -0.2) is 19.4 Å². The SMILES string of the molecule is COc1ccc(Cl)cc1C(=O)CC1(CN)CCCCC1. The zero-order valence-corrected chi connectivity index (χ0v) is 12.7. The van der Waals surface area contributed by atoms with Crippen molar-refractivity contribution in [2.45, 2.75) is 38.5 Å². The molecule has 0 atom stereocenters. The van der Waals surface area contributed by atoms with E-state index >= 15 is 0 Å². The van der Waals surface area contributed by atoms with Crippen LogP contribution in [0.5, 0.6) is 5.75 Å². The molecule has 1 aromatic rings. The van der Waals surface area contributed by atoms with E-state index < -0.39 is 0 Å². The van der Waals surface area contributed by atoms with E-state index in [1.807, 2.05) is 0 Å². The molecule has 20 heavy (non-hydrogen) atoms. The van der Waals surface area contributed by atoms with Gasteiger partial charge < -0.3 is 10.5 Å². The van der Waals surface area contributed by atoms with E-state index in [-0.39, 0.29) is 11.2 Å². The maximum Gasteiger partial charge on any atom is 0.167 e. The second-order valence-electron chi connectivity index (χ2n) is 5.71. The number of nitrogens with two attached hydrogens (primary N) is 1. The lowest BCUT2D eigenvalue weighted by Crippen LogP contribution is -2.35. The number of ether oxygens (including phenoxy) is 1. The number of carbonyl (C=O) groups is 1. The Labute approximate surface area is 125 Å². The molecule has 1 saturated carbocycles. The van der Waals surface area contributed by atoms with Gasteiger partial charge in [-0.25, -0.2) is 0 Å². The summed E-state index contributed by atoms with van der Waals surface area (Å²) in [6.07, 6.45) is 6.14. The second-order valence-corrected chi connectivity index (χ2v) is 6.15. The molecule has 0 unspecified atom stereocenters. The molecule has 0 saturated heterocycles. The fraction of sp³-hybridized carbons (Fsp3) is 0.562. The van der Waals surface area contributed by atoms with Gasteiger partial charge in [-0.3, -0.25) is 4.79 Å². The smallest absolute Gasteiger partial charge is 0.167 e. The predicted molar refractivity (Wildman–Crippen MR) is 81.5 cm³/mol. The Morgan fingerprint density at radius 2 is 2.05 bits per heavy atom. The molecule has 0 amide bonds. The van der Waals surface area contributed by atoms with Crippen molar-refractivity contribution in [3.05, 3.63) is 28.8 Å². The van der Waals surface area contributed by atoms with Gasteiger partial charge in [0.25, 0.3) is 0 Å². The van der Waals surface area contributed by atoms with Gasteiger partial charge in [0, 0.05) is 11.4 Å². The van der Waals surface area contributed by atoms with Crippen LogP contribution in [-0.2, 0) is 0 Å². The van der Waals surface area contributed by atoms with Gasteiger partial charge in [-0.2, -0.15) is 0 Å². The van der Waals surface area contributed by atoms with Crippen molar-refractivity contribution < 1.29 is 9.53 Å². The first-order chi connectivity index (χ1) is 9.60. The molecule has 0 aliphatic heterocycles. The molecule has 0 heterocycles. The van der Waals surface area contributed by atoms with Crippen LogP contribution in [0.2, 0.25) is 5.02 Å². The fourth-order valence-corrected chi connectivity index (χ4v) is 3.26. The highest BCUT2D eigenvalue weighted by molar-refractivity contribution is 6.31. The number of hydrogen-bond acceptors (Lipinski definition) is 3. The molecule has 2 rings (SSSR count). The molecule has 1 aliphatic carbocycles. The number of benzene rings is 1. The maximum absolute atomic E-state index is 12.6. The highest BCUT2D eigenvalue weighted by atomic mass is 35.5. The van der Waals surface area contributed by atoms with Gasteiger partial charge in [0.2, 0.25) is 0 Å². The Hall–Kier alpha value is -1.06. The van der Waals surface area contributed by atoms with E-state index in [2.05, 4.69) is 0 Å². The van der Waals surface area contributed by atoms with E-state index in [1.165, 1.54) is 6.42 Å². The largest absolute Gasteiger partial charge is 0.496 e. The number of carbonyl (C=O) groups excluding carboxylic acids is 1. The summed E-state index contributed by atoms with van der Waals surface area (Å²) in [6, 6.07) is 5.16. The van der Waals surface area contributed by atoms with Crippen molar-refractivity contribution in [3.63, 3.8) is 0 Å². The van der Waals surface area contributed by atoms with E-state index in [1.54, 1.807) is 25.3 Å². The Balaban J connectivity index is 2.20. The molecule has 0 bridgehead atoms. The summed E-state index contributed by atoms with van der Waals surface area (Å²) in [5, 5.41) is 0.555. The van der Waals surface area contributed by atoms with Crippen LogP contribution in [0.25, 0.3) is 0 Å². The average molecular weight is 296 g/mol. The molecule has 110 valence electrons. The van der Waals surface area contributed by atoms with Crippen molar-refractivity contribution in [1.82, 2.24) is 0 Å². The van der Waals surface area contributed by atoms with E-state index in [4.69, 9.17) is 22.1 Å². The quantitative estimate of drug-likeness (QED) is 0.840. The first-order valence-corrected chi connectivity index (χ1v) is 7.55. The number of halogens is 1. The number of hydrogen-bond donors (Lipinski definition) is 1. The van der Waals surface area contributed by atoms with Crippen LogP contribution in [0.4, 0.5) is 0 Å².